The Morgan fingerprint density at radius 3 is 2.45 bits per heavy atom. The van der Waals surface area contributed by atoms with Gasteiger partial charge in [-0.3, -0.25) is 10.1 Å². The van der Waals surface area contributed by atoms with E-state index in [1.54, 1.807) is 0 Å². The van der Waals surface area contributed by atoms with E-state index in [0.717, 1.165) is 31.7 Å². The second-order valence-corrected chi connectivity index (χ2v) is 8.55. The van der Waals surface area contributed by atoms with E-state index in [1.165, 1.54) is 30.7 Å². The van der Waals surface area contributed by atoms with Crippen LogP contribution < -0.4 is 14.9 Å². The Hall–Kier alpha value is -2.79. The summed E-state index contributed by atoms with van der Waals surface area (Å²) in [5.74, 6) is 2.18. The molecule has 156 valence electrons. The molecule has 3 rings (SSSR count). The highest BCUT2D eigenvalue weighted by molar-refractivity contribution is 7.89. The van der Waals surface area contributed by atoms with Gasteiger partial charge in [0.1, 0.15) is 17.5 Å². The van der Waals surface area contributed by atoms with Gasteiger partial charge in [-0.25, -0.2) is 23.1 Å². The minimum atomic E-state index is -3.74. The molecule has 1 aliphatic heterocycles. The Bertz CT molecular complexity index is 959. The number of hydrogen-bond acceptors (Lipinski definition) is 8. The Morgan fingerprint density at radius 1 is 1.10 bits per heavy atom. The van der Waals surface area contributed by atoms with Crippen molar-refractivity contribution in [3.05, 3.63) is 46.3 Å². The molecule has 2 aromatic rings. The first-order valence-corrected chi connectivity index (χ1v) is 10.9. The zero-order chi connectivity index (χ0) is 20.9. The van der Waals surface area contributed by atoms with Crippen molar-refractivity contribution < 1.29 is 13.3 Å². The van der Waals surface area contributed by atoms with E-state index in [-0.39, 0.29) is 17.1 Å². The monoisotopic (exact) mass is 420 g/mol. The van der Waals surface area contributed by atoms with Crippen molar-refractivity contribution in [2.45, 2.75) is 31.1 Å². The maximum Gasteiger partial charge on any atom is 0.269 e. The molecule has 2 heterocycles. The summed E-state index contributed by atoms with van der Waals surface area (Å²) in [6.07, 6.45) is 3.53. The number of nitrogens with zero attached hydrogens (tertiary/aromatic N) is 4. The lowest BCUT2D eigenvalue weighted by Crippen LogP contribution is -2.31. The van der Waals surface area contributed by atoms with Crippen molar-refractivity contribution in [1.29, 1.82) is 0 Å². The van der Waals surface area contributed by atoms with E-state index in [4.69, 9.17) is 0 Å². The van der Waals surface area contributed by atoms with Crippen LogP contribution in [0.1, 0.15) is 25.1 Å². The minimum absolute atomic E-state index is 0.0200. The number of anilines is 2. The first kappa shape index (κ1) is 20.9. The predicted molar refractivity (Wildman–Crippen MR) is 110 cm³/mol. The normalized spacial score (nSPS) is 14.6. The molecule has 0 aliphatic carbocycles. The number of aromatic nitrogens is 2. The van der Waals surface area contributed by atoms with Gasteiger partial charge in [0.25, 0.3) is 5.69 Å². The van der Waals surface area contributed by atoms with E-state index in [9.17, 15) is 18.5 Å². The quantitative estimate of drug-likeness (QED) is 0.377. The third kappa shape index (κ3) is 5.61. The Morgan fingerprint density at radius 2 is 1.79 bits per heavy atom. The Balaban J connectivity index is 1.55. The van der Waals surface area contributed by atoms with E-state index in [0.29, 0.717) is 18.2 Å². The lowest BCUT2D eigenvalue weighted by molar-refractivity contribution is -0.384. The molecule has 1 fully saturated rings. The molecule has 10 nitrogen and oxygen atoms in total. The molecule has 1 aliphatic rings. The van der Waals surface area contributed by atoms with Gasteiger partial charge >= 0.3 is 0 Å². The number of hydrogen-bond donors (Lipinski definition) is 2. The predicted octanol–water partition coefficient (Wildman–Crippen LogP) is 2.07. The second kappa shape index (κ2) is 9.14. The number of non-ortho nitro benzene ring substituents is 1. The molecule has 0 bridgehead atoms. The Labute approximate surface area is 169 Å². The summed E-state index contributed by atoms with van der Waals surface area (Å²) in [7, 11) is -3.74. The van der Waals surface area contributed by atoms with Crippen LogP contribution in [0.3, 0.4) is 0 Å². The number of nitro groups is 1. The summed E-state index contributed by atoms with van der Waals surface area (Å²) in [6, 6.07) is 6.64. The van der Waals surface area contributed by atoms with Gasteiger partial charge < -0.3 is 10.2 Å². The van der Waals surface area contributed by atoms with Crippen molar-refractivity contribution >= 4 is 27.3 Å². The molecule has 2 N–H and O–H groups in total. The van der Waals surface area contributed by atoms with Gasteiger partial charge in [-0.15, -0.1) is 0 Å². The fourth-order valence-corrected chi connectivity index (χ4v) is 4.17. The number of benzene rings is 1. The standard InChI is InChI=1S/C18H24N6O4S/c1-14-21-17(13-18(22-14)23-11-3-2-4-12-23)19-9-10-20-29(27,28)16-7-5-15(6-8-16)24(25)26/h5-8,13,20H,2-4,9-12H2,1H3,(H,19,21,22). The molecule has 0 amide bonds. The van der Waals surface area contributed by atoms with E-state index >= 15 is 0 Å². The van der Waals surface area contributed by atoms with Crippen molar-refractivity contribution in [3.8, 4) is 0 Å². The van der Waals surface area contributed by atoms with Crippen LogP contribution in [0.5, 0.6) is 0 Å². The third-order valence-electron chi connectivity index (χ3n) is 4.59. The van der Waals surface area contributed by atoms with E-state index in [1.807, 2.05) is 13.0 Å². The van der Waals surface area contributed by atoms with Gasteiger partial charge in [0.2, 0.25) is 10.0 Å². The molecule has 0 radical (unpaired) electrons. The summed E-state index contributed by atoms with van der Waals surface area (Å²) >= 11 is 0. The van der Waals surface area contributed by atoms with Crippen molar-refractivity contribution in [2.24, 2.45) is 0 Å². The first-order chi connectivity index (χ1) is 13.8. The highest BCUT2D eigenvalue weighted by Crippen LogP contribution is 2.20. The van der Waals surface area contributed by atoms with Crippen molar-refractivity contribution in [1.82, 2.24) is 14.7 Å². The zero-order valence-electron chi connectivity index (χ0n) is 16.2. The lowest BCUT2D eigenvalue weighted by atomic mass is 10.1. The summed E-state index contributed by atoms with van der Waals surface area (Å²) in [5, 5.41) is 13.8. The SMILES string of the molecule is Cc1nc(NCCNS(=O)(=O)c2ccc([N+](=O)[O-])cc2)cc(N2CCCCC2)n1. The highest BCUT2D eigenvalue weighted by Gasteiger charge is 2.16. The topological polar surface area (TPSA) is 130 Å². The molecule has 0 saturated carbocycles. The molecule has 11 heteroatoms. The number of rotatable bonds is 8. The van der Waals surface area contributed by atoms with Crippen LogP contribution in [0.25, 0.3) is 0 Å². The number of aryl methyl sites for hydroxylation is 1. The van der Waals surface area contributed by atoms with Crippen LogP contribution in [0.15, 0.2) is 35.2 Å². The number of nitro benzene ring substituents is 1. The highest BCUT2D eigenvalue weighted by atomic mass is 32.2. The Kier molecular flexibility index (Phi) is 6.60. The van der Waals surface area contributed by atoms with Crippen LogP contribution in [0, 0.1) is 17.0 Å². The fourth-order valence-electron chi connectivity index (χ4n) is 3.13. The van der Waals surface area contributed by atoms with Crippen molar-refractivity contribution in [2.75, 3.05) is 36.4 Å². The van der Waals surface area contributed by atoms with E-state index in [2.05, 4.69) is 24.9 Å². The van der Waals surface area contributed by atoms with E-state index < -0.39 is 14.9 Å². The number of nitrogens with one attached hydrogen (secondary N) is 2. The van der Waals surface area contributed by atoms with Gasteiger partial charge in [0.05, 0.1) is 9.82 Å². The number of piperidine rings is 1. The zero-order valence-corrected chi connectivity index (χ0v) is 17.0. The molecule has 1 aromatic carbocycles. The van der Waals surface area contributed by atoms with Gasteiger partial charge in [-0.2, -0.15) is 0 Å². The second-order valence-electron chi connectivity index (χ2n) is 6.78. The molecule has 29 heavy (non-hydrogen) atoms. The van der Waals surface area contributed by atoms with Gasteiger partial charge in [0.15, 0.2) is 0 Å². The summed E-state index contributed by atoms with van der Waals surface area (Å²) in [5.41, 5.74) is -0.158. The van der Waals surface area contributed by atoms with Crippen LogP contribution in [0.2, 0.25) is 0 Å². The maximum atomic E-state index is 12.3. The number of sulfonamides is 1. The average Bonchev–Trinajstić information content (AvgIpc) is 2.71. The van der Waals surface area contributed by atoms with Crippen LogP contribution >= 0.6 is 0 Å². The van der Waals surface area contributed by atoms with Gasteiger partial charge in [-0.05, 0) is 38.3 Å². The van der Waals surface area contributed by atoms with Crippen LogP contribution in [0.4, 0.5) is 17.3 Å². The van der Waals surface area contributed by atoms with Gasteiger partial charge in [-0.1, -0.05) is 0 Å². The molecule has 0 atom stereocenters. The van der Waals surface area contributed by atoms with Crippen LogP contribution in [-0.4, -0.2) is 49.5 Å². The fraction of sp³-hybridized carbons (Fsp3) is 0.444. The van der Waals surface area contributed by atoms with Crippen molar-refractivity contribution in [3.63, 3.8) is 0 Å². The largest absolute Gasteiger partial charge is 0.369 e. The molecule has 1 saturated heterocycles. The summed E-state index contributed by atoms with van der Waals surface area (Å²) in [4.78, 5) is 21.2. The van der Waals surface area contributed by atoms with Gasteiger partial charge in [0, 0.05) is 44.4 Å². The molecule has 0 spiro atoms. The molecular weight excluding hydrogens is 396 g/mol. The average molecular weight is 420 g/mol. The molecule has 0 unspecified atom stereocenters. The lowest BCUT2D eigenvalue weighted by Gasteiger charge is -2.28. The third-order valence-corrected chi connectivity index (χ3v) is 6.06. The van der Waals surface area contributed by atoms with Crippen LogP contribution in [-0.2, 0) is 10.0 Å². The maximum absolute atomic E-state index is 12.3. The summed E-state index contributed by atoms with van der Waals surface area (Å²) < 4.78 is 27.1. The smallest absolute Gasteiger partial charge is 0.269 e. The first-order valence-electron chi connectivity index (χ1n) is 9.44. The molecular formula is C18H24N6O4S. The summed E-state index contributed by atoms with van der Waals surface area (Å²) in [6.45, 7) is 4.26. The molecule has 1 aromatic heterocycles. The minimum Gasteiger partial charge on any atom is -0.369 e.